The lowest BCUT2D eigenvalue weighted by atomic mass is 9.93. The van der Waals surface area contributed by atoms with Gasteiger partial charge in [-0.2, -0.15) is 0 Å². The summed E-state index contributed by atoms with van der Waals surface area (Å²) in [5.41, 5.74) is 4.96. The van der Waals surface area contributed by atoms with Crippen molar-refractivity contribution in [2.45, 2.75) is 26.7 Å². The van der Waals surface area contributed by atoms with E-state index in [0.29, 0.717) is 17.7 Å². The van der Waals surface area contributed by atoms with Crippen LogP contribution in [0.4, 0.5) is 0 Å². The highest BCUT2D eigenvalue weighted by atomic mass is 16.2. The summed E-state index contributed by atoms with van der Waals surface area (Å²) in [7, 11) is 0. The zero-order valence-electron chi connectivity index (χ0n) is 13.3. The number of Topliss-reactive ketones (excluding diaryl/α,β-unsaturated/α-hetero) is 1. The van der Waals surface area contributed by atoms with E-state index < -0.39 is 0 Å². The molecule has 2 aromatic carbocycles. The van der Waals surface area contributed by atoms with E-state index in [2.05, 4.69) is 18.3 Å². The monoisotopic (exact) mass is 305 g/mol. The maximum absolute atomic E-state index is 12.8. The molecule has 1 amide bonds. The van der Waals surface area contributed by atoms with Gasteiger partial charge in [-0.05, 0) is 23.1 Å². The van der Waals surface area contributed by atoms with Gasteiger partial charge in [0.25, 0.3) is 0 Å². The first kappa shape index (κ1) is 15.2. The Bertz CT molecular complexity index is 818. The lowest BCUT2D eigenvalue weighted by Crippen LogP contribution is -2.25. The van der Waals surface area contributed by atoms with E-state index in [1.54, 1.807) is 6.92 Å². The van der Waals surface area contributed by atoms with Crippen molar-refractivity contribution in [1.82, 2.24) is 5.32 Å². The van der Waals surface area contributed by atoms with Crippen LogP contribution in [0.5, 0.6) is 0 Å². The average Bonchev–Trinajstić information content (AvgIpc) is 2.87. The van der Waals surface area contributed by atoms with Crippen LogP contribution in [0.15, 0.2) is 54.2 Å². The molecule has 0 spiro atoms. The molecule has 0 heterocycles. The number of aryl methyl sites for hydroxylation is 1. The molecule has 0 fully saturated rings. The lowest BCUT2D eigenvalue weighted by molar-refractivity contribution is -0.120. The minimum Gasteiger partial charge on any atom is -0.322 e. The minimum absolute atomic E-state index is 0.108. The fraction of sp³-hybridized carbons (Fsp3) is 0.200. The molecule has 3 nitrogen and oxygen atoms in total. The van der Waals surface area contributed by atoms with Crippen LogP contribution in [0, 0.1) is 0 Å². The Kier molecular flexibility index (Phi) is 4.11. The molecule has 3 heteroatoms. The molecule has 1 aliphatic carbocycles. The number of carbonyl (C=O) groups excluding carboxylic acids is 2. The number of hydrogen-bond donors (Lipinski definition) is 1. The van der Waals surface area contributed by atoms with Crippen molar-refractivity contribution in [1.29, 1.82) is 0 Å². The molecule has 3 rings (SSSR count). The molecular formula is C20H19NO2. The highest BCUT2D eigenvalue weighted by molar-refractivity contribution is 6.23. The van der Waals surface area contributed by atoms with Crippen molar-refractivity contribution in [3.8, 4) is 0 Å². The van der Waals surface area contributed by atoms with E-state index in [0.717, 1.165) is 28.7 Å². The van der Waals surface area contributed by atoms with Crippen LogP contribution in [0.3, 0.4) is 0 Å². The Hall–Kier alpha value is -2.68. The fourth-order valence-electron chi connectivity index (χ4n) is 2.98. The lowest BCUT2D eigenvalue weighted by Gasteiger charge is -2.13. The number of hydrogen-bond acceptors (Lipinski definition) is 2. The number of carbonyl (C=O) groups is 2. The topological polar surface area (TPSA) is 46.2 Å². The summed E-state index contributed by atoms with van der Waals surface area (Å²) >= 11 is 0. The minimum atomic E-state index is -0.146. The Morgan fingerprint density at radius 2 is 1.52 bits per heavy atom. The summed E-state index contributed by atoms with van der Waals surface area (Å²) in [4.78, 5) is 24.7. The Labute approximate surface area is 136 Å². The average molecular weight is 305 g/mol. The largest absolute Gasteiger partial charge is 0.322 e. The molecule has 0 unspecified atom stereocenters. The zero-order valence-corrected chi connectivity index (χ0v) is 13.3. The van der Waals surface area contributed by atoms with Crippen molar-refractivity contribution in [3.63, 3.8) is 0 Å². The van der Waals surface area contributed by atoms with Gasteiger partial charge in [-0.1, -0.05) is 62.4 Å². The van der Waals surface area contributed by atoms with E-state index >= 15 is 0 Å². The van der Waals surface area contributed by atoms with E-state index in [4.69, 9.17) is 0 Å². The van der Waals surface area contributed by atoms with Gasteiger partial charge in [0.15, 0.2) is 0 Å². The van der Waals surface area contributed by atoms with Gasteiger partial charge in [-0.15, -0.1) is 0 Å². The fourth-order valence-corrected chi connectivity index (χ4v) is 2.98. The third-order valence-corrected chi connectivity index (χ3v) is 4.17. The van der Waals surface area contributed by atoms with Crippen LogP contribution in [-0.4, -0.2) is 11.7 Å². The molecule has 0 bridgehead atoms. The molecule has 2 aromatic rings. The van der Waals surface area contributed by atoms with Gasteiger partial charge < -0.3 is 5.32 Å². The van der Waals surface area contributed by atoms with Crippen LogP contribution >= 0.6 is 0 Å². The van der Waals surface area contributed by atoms with Crippen LogP contribution in [0.25, 0.3) is 5.57 Å². The van der Waals surface area contributed by atoms with Gasteiger partial charge in [0, 0.05) is 17.6 Å². The van der Waals surface area contributed by atoms with Crippen molar-refractivity contribution >= 4 is 17.3 Å². The standard InChI is InChI=1S/C20H19NO2/c1-3-13-9-5-6-10-14(13)18-15-11-7-8-12-16(15)20(23)19(18)21-17(22)4-2/h5-12H,3-4H2,1-2H3,(H,21,22,23). The van der Waals surface area contributed by atoms with Gasteiger partial charge in [0.1, 0.15) is 0 Å². The maximum atomic E-state index is 12.8. The summed E-state index contributed by atoms with van der Waals surface area (Å²) in [5, 5.41) is 2.82. The number of rotatable bonds is 4. The SMILES string of the molecule is CCC(=O)NC1=C(c2ccccc2CC)c2ccccc2C1=O. The summed E-state index contributed by atoms with van der Waals surface area (Å²) in [6.07, 6.45) is 1.21. The van der Waals surface area contributed by atoms with Crippen LogP contribution in [0.1, 0.15) is 47.3 Å². The first-order chi connectivity index (χ1) is 11.2. The van der Waals surface area contributed by atoms with Crippen molar-refractivity contribution in [2.75, 3.05) is 0 Å². The zero-order chi connectivity index (χ0) is 16.4. The third kappa shape index (κ3) is 2.59. The van der Waals surface area contributed by atoms with Crippen molar-refractivity contribution < 1.29 is 9.59 Å². The first-order valence-electron chi connectivity index (χ1n) is 7.93. The molecular weight excluding hydrogens is 286 g/mol. The molecule has 0 saturated heterocycles. The number of amides is 1. The summed E-state index contributed by atoms with van der Waals surface area (Å²) in [5.74, 6) is -0.254. The van der Waals surface area contributed by atoms with Gasteiger partial charge in [0.2, 0.25) is 11.7 Å². The van der Waals surface area contributed by atoms with E-state index in [1.807, 2.05) is 42.5 Å². The van der Waals surface area contributed by atoms with Crippen LogP contribution in [-0.2, 0) is 11.2 Å². The number of benzene rings is 2. The van der Waals surface area contributed by atoms with E-state index in [9.17, 15) is 9.59 Å². The number of nitrogens with one attached hydrogen (secondary N) is 1. The van der Waals surface area contributed by atoms with E-state index in [1.165, 1.54) is 0 Å². The van der Waals surface area contributed by atoms with E-state index in [-0.39, 0.29) is 11.7 Å². The molecule has 116 valence electrons. The Balaban J connectivity index is 2.25. The van der Waals surface area contributed by atoms with Crippen molar-refractivity contribution in [3.05, 3.63) is 76.5 Å². The molecule has 0 aromatic heterocycles. The maximum Gasteiger partial charge on any atom is 0.224 e. The number of allylic oxidation sites excluding steroid dienone is 1. The molecule has 1 N–H and O–H groups in total. The number of fused-ring (bicyclic) bond motifs is 1. The second-order valence-electron chi connectivity index (χ2n) is 5.54. The van der Waals surface area contributed by atoms with Gasteiger partial charge in [-0.3, -0.25) is 9.59 Å². The third-order valence-electron chi connectivity index (χ3n) is 4.17. The molecule has 23 heavy (non-hydrogen) atoms. The molecule has 0 saturated carbocycles. The Morgan fingerprint density at radius 1 is 0.913 bits per heavy atom. The van der Waals surface area contributed by atoms with Gasteiger partial charge in [0.05, 0.1) is 5.70 Å². The van der Waals surface area contributed by atoms with Crippen molar-refractivity contribution in [2.24, 2.45) is 0 Å². The highest BCUT2D eigenvalue weighted by Gasteiger charge is 2.31. The normalized spacial score (nSPS) is 13.2. The molecule has 0 radical (unpaired) electrons. The molecule has 1 aliphatic rings. The second kappa shape index (κ2) is 6.21. The smallest absolute Gasteiger partial charge is 0.224 e. The second-order valence-corrected chi connectivity index (χ2v) is 5.54. The predicted octanol–water partition coefficient (Wildman–Crippen LogP) is 3.73. The highest BCUT2D eigenvalue weighted by Crippen LogP contribution is 2.37. The predicted molar refractivity (Wildman–Crippen MR) is 91.0 cm³/mol. The number of ketones is 1. The Morgan fingerprint density at radius 3 is 2.17 bits per heavy atom. The molecule has 0 atom stereocenters. The summed E-state index contributed by atoms with van der Waals surface area (Å²) in [6.45, 7) is 3.87. The summed E-state index contributed by atoms with van der Waals surface area (Å²) in [6, 6.07) is 15.6. The van der Waals surface area contributed by atoms with Gasteiger partial charge >= 0.3 is 0 Å². The van der Waals surface area contributed by atoms with Crippen LogP contribution < -0.4 is 5.32 Å². The summed E-state index contributed by atoms with van der Waals surface area (Å²) < 4.78 is 0. The van der Waals surface area contributed by atoms with Crippen LogP contribution in [0.2, 0.25) is 0 Å². The first-order valence-corrected chi connectivity index (χ1v) is 7.93. The quantitative estimate of drug-likeness (QED) is 0.935. The van der Waals surface area contributed by atoms with Gasteiger partial charge in [-0.25, -0.2) is 0 Å². The molecule has 0 aliphatic heterocycles.